The summed E-state index contributed by atoms with van der Waals surface area (Å²) in [4.78, 5) is 2.74. The van der Waals surface area contributed by atoms with E-state index in [9.17, 15) is 0 Å². The number of nitrogens with zero attached hydrogens (tertiary/aromatic N) is 1. The summed E-state index contributed by atoms with van der Waals surface area (Å²) in [5.41, 5.74) is 0.373. The molecule has 3 unspecified atom stereocenters. The van der Waals surface area contributed by atoms with E-state index in [-0.39, 0.29) is 0 Å². The molecule has 3 fully saturated rings. The summed E-state index contributed by atoms with van der Waals surface area (Å²) < 4.78 is 11.1. The number of ether oxygens (including phenoxy) is 2. The number of rotatable bonds is 2. The minimum Gasteiger partial charge on any atom is -0.383 e. The average Bonchev–Trinajstić information content (AvgIpc) is 2.73. The van der Waals surface area contributed by atoms with Gasteiger partial charge in [0, 0.05) is 25.3 Å². The van der Waals surface area contributed by atoms with Gasteiger partial charge in [-0.3, -0.25) is 4.90 Å². The van der Waals surface area contributed by atoms with Crippen molar-refractivity contribution in [1.82, 2.24) is 4.90 Å². The molecule has 0 saturated carbocycles. The Labute approximate surface area is 91.7 Å². The highest BCUT2D eigenvalue weighted by Crippen LogP contribution is 2.47. The van der Waals surface area contributed by atoms with Crippen molar-refractivity contribution in [3.8, 4) is 0 Å². The standard InChI is InChI=1S/C12H21NO2/c1-14-9-12-4-2-5-13(12)11-3-6-15-8-10(11)7-12/h10-11H,2-9H2,1H3. The second-order valence-electron chi connectivity index (χ2n) is 5.35. The lowest BCUT2D eigenvalue weighted by Gasteiger charge is -2.35. The van der Waals surface area contributed by atoms with Crippen molar-refractivity contribution in [2.45, 2.75) is 37.3 Å². The van der Waals surface area contributed by atoms with Gasteiger partial charge in [-0.05, 0) is 38.1 Å². The van der Waals surface area contributed by atoms with Crippen LogP contribution < -0.4 is 0 Å². The van der Waals surface area contributed by atoms with E-state index in [2.05, 4.69) is 4.90 Å². The Morgan fingerprint density at radius 3 is 3.33 bits per heavy atom. The summed E-state index contributed by atoms with van der Waals surface area (Å²) in [6.45, 7) is 4.14. The Kier molecular flexibility index (Phi) is 2.49. The topological polar surface area (TPSA) is 21.7 Å². The summed E-state index contributed by atoms with van der Waals surface area (Å²) in [5.74, 6) is 0.772. The summed E-state index contributed by atoms with van der Waals surface area (Å²) in [6, 6.07) is 0.788. The molecule has 3 rings (SSSR count). The lowest BCUT2D eigenvalue weighted by atomic mass is 9.88. The fourth-order valence-electron chi connectivity index (χ4n) is 4.06. The summed E-state index contributed by atoms with van der Waals surface area (Å²) >= 11 is 0. The first-order valence-electron chi connectivity index (χ1n) is 6.19. The van der Waals surface area contributed by atoms with Gasteiger partial charge in [-0.25, -0.2) is 0 Å². The molecule has 0 radical (unpaired) electrons. The van der Waals surface area contributed by atoms with Gasteiger partial charge in [-0.2, -0.15) is 0 Å². The number of methoxy groups -OCH3 is 1. The van der Waals surface area contributed by atoms with E-state index in [1.165, 1.54) is 32.2 Å². The Morgan fingerprint density at radius 1 is 1.53 bits per heavy atom. The van der Waals surface area contributed by atoms with Crippen LogP contribution in [0.2, 0.25) is 0 Å². The van der Waals surface area contributed by atoms with Crippen molar-refractivity contribution in [3.05, 3.63) is 0 Å². The van der Waals surface area contributed by atoms with Crippen LogP contribution in [-0.4, -0.2) is 50.0 Å². The van der Waals surface area contributed by atoms with E-state index in [1.54, 1.807) is 0 Å². The maximum absolute atomic E-state index is 5.60. The van der Waals surface area contributed by atoms with Gasteiger partial charge in [0.1, 0.15) is 0 Å². The molecule has 0 aromatic rings. The van der Waals surface area contributed by atoms with Crippen LogP contribution in [0.1, 0.15) is 25.7 Å². The molecule has 3 aliphatic rings. The zero-order chi connectivity index (χ0) is 10.3. The molecular formula is C12H21NO2. The Morgan fingerprint density at radius 2 is 2.47 bits per heavy atom. The minimum atomic E-state index is 0.373. The molecule has 3 nitrogen and oxygen atoms in total. The molecule has 3 heterocycles. The number of fused-ring (bicyclic) bond motifs is 3. The fraction of sp³-hybridized carbons (Fsp3) is 1.00. The molecule has 3 saturated heterocycles. The Balaban J connectivity index is 1.82. The van der Waals surface area contributed by atoms with Crippen LogP contribution in [-0.2, 0) is 9.47 Å². The summed E-state index contributed by atoms with van der Waals surface area (Å²) in [7, 11) is 1.84. The molecule has 15 heavy (non-hydrogen) atoms. The molecule has 0 spiro atoms. The first-order valence-corrected chi connectivity index (χ1v) is 6.19. The van der Waals surface area contributed by atoms with Crippen LogP contribution in [0.3, 0.4) is 0 Å². The van der Waals surface area contributed by atoms with Crippen molar-refractivity contribution in [2.75, 3.05) is 33.5 Å². The maximum Gasteiger partial charge on any atom is 0.0646 e. The molecule has 0 N–H and O–H groups in total. The van der Waals surface area contributed by atoms with Gasteiger partial charge < -0.3 is 9.47 Å². The van der Waals surface area contributed by atoms with Crippen molar-refractivity contribution < 1.29 is 9.47 Å². The molecule has 3 aliphatic heterocycles. The summed E-state index contributed by atoms with van der Waals surface area (Å²) in [6.07, 6.45) is 5.21. The van der Waals surface area contributed by atoms with E-state index in [0.29, 0.717) is 5.54 Å². The zero-order valence-electron chi connectivity index (χ0n) is 9.58. The van der Waals surface area contributed by atoms with Crippen LogP contribution in [0.25, 0.3) is 0 Å². The van der Waals surface area contributed by atoms with Crippen molar-refractivity contribution >= 4 is 0 Å². The molecule has 0 aromatic carbocycles. The highest BCUT2D eigenvalue weighted by atomic mass is 16.5. The molecular weight excluding hydrogens is 190 g/mol. The van der Waals surface area contributed by atoms with E-state index in [1.807, 2.05) is 7.11 Å². The lowest BCUT2D eigenvalue weighted by Crippen LogP contribution is -2.46. The van der Waals surface area contributed by atoms with Gasteiger partial charge in [0.15, 0.2) is 0 Å². The van der Waals surface area contributed by atoms with E-state index >= 15 is 0 Å². The van der Waals surface area contributed by atoms with E-state index in [4.69, 9.17) is 9.47 Å². The molecule has 86 valence electrons. The highest BCUT2D eigenvalue weighted by molar-refractivity contribution is 5.08. The molecule has 0 bridgehead atoms. The predicted octanol–water partition coefficient (Wildman–Crippen LogP) is 1.28. The third kappa shape index (κ3) is 1.44. The third-order valence-electron chi connectivity index (χ3n) is 4.54. The first kappa shape index (κ1) is 10.1. The van der Waals surface area contributed by atoms with E-state index in [0.717, 1.165) is 31.8 Å². The van der Waals surface area contributed by atoms with Gasteiger partial charge in [-0.1, -0.05) is 0 Å². The van der Waals surface area contributed by atoms with Gasteiger partial charge in [0.25, 0.3) is 0 Å². The first-order chi connectivity index (χ1) is 7.36. The zero-order valence-corrected chi connectivity index (χ0v) is 9.58. The van der Waals surface area contributed by atoms with Crippen LogP contribution >= 0.6 is 0 Å². The third-order valence-corrected chi connectivity index (χ3v) is 4.54. The van der Waals surface area contributed by atoms with Gasteiger partial charge in [-0.15, -0.1) is 0 Å². The number of hydrogen-bond donors (Lipinski definition) is 0. The normalized spacial score (nSPS) is 45.4. The quantitative estimate of drug-likeness (QED) is 0.686. The van der Waals surface area contributed by atoms with Gasteiger partial charge in [0.2, 0.25) is 0 Å². The average molecular weight is 211 g/mol. The molecule has 0 aliphatic carbocycles. The van der Waals surface area contributed by atoms with Crippen LogP contribution in [0.5, 0.6) is 0 Å². The van der Waals surface area contributed by atoms with Crippen LogP contribution in [0.4, 0.5) is 0 Å². The second-order valence-corrected chi connectivity index (χ2v) is 5.35. The van der Waals surface area contributed by atoms with Crippen molar-refractivity contribution in [2.24, 2.45) is 5.92 Å². The monoisotopic (exact) mass is 211 g/mol. The maximum atomic E-state index is 5.60. The van der Waals surface area contributed by atoms with Crippen molar-refractivity contribution in [1.29, 1.82) is 0 Å². The van der Waals surface area contributed by atoms with Crippen LogP contribution in [0.15, 0.2) is 0 Å². The summed E-state index contributed by atoms with van der Waals surface area (Å²) in [5, 5.41) is 0. The fourth-order valence-corrected chi connectivity index (χ4v) is 4.06. The molecule has 3 atom stereocenters. The molecule has 0 amide bonds. The van der Waals surface area contributed by atoms with Crippen LogP contribution in [0, 0.1) is 5.92 Å². The molecule has 3 heteroatoms. The minimum absolute atomic E-state index is 0.373. The van der Waals surface area contributed by atoms with Gasteiger partial charge >= 0.3 is 0 Å². The SMILES string of the molecule is COCC12CCCN1C1CCOCC1C2. The van der Waals surface area contributed by atoms with E-state index < -0.39 is 0 Å². The Bertz CT molecular complexity index is 246. The highest BCUT2D eigenvalue weighted by Gasteiger charge is 2.54. The second kappa shape index (κ2) is 3.72. The van der Waals surface area contributed by atoms with Gasteiger partial charge in [0.05, 0.1) is 13.2 Å². The smallest absolute Gasteiger partial charge is 0.0646 e. The Hall–Kier alpha value is -0.120. The number of hydrogen-bond acceptors (Lipinski definition) is 3. The predicted molar refractivity (Wildman–Crippen MR) is 57.9 cm³/mol. The molecule has 0 aromatic heterocycles. The lowest BCUT2D eigenvalue weighted by molar-refractivity contribution is 0.0102. The largest absolute Gasteiger partial charge is 0.383 e. The van der Waals surface area contributed by atoms with Crippen molar-refractivity contribution in [3.63, 3.8) is 0 Å².